The Morgan fingerprint density at radius 2 is 1.74 bits per heavy atom. The van der Waals surface area contributed by atoms with Gasteiger partial charge in [-0.2, -0.15) is 0 Å². The molecule has 2 saturated heterocycles. The second-order valence-electron chi connectivity index (χ2n) is 7.51. The van der Waals surface area contributed by atoms with Gasteiger partial charge in [0.2, 0.25) is 5.91 Å². The van der Waals surface area contributed by atoms with E-state index in [1.54, 1.807) is 0 Å². The molecule has 0 spiro atoms. The van der Waals surface area contributed by atoms with Crippen molar-refractivity contribution in [1.82, 2.24) is 15.1 Å². The summed E-state index contributed by atoms with van der Waals surface area (Å²) in [6, 6.07) is -0.0869. The first kappa shape index (κ1) is 18.7. The molecular weight excluding hydrogens is 290 g/mol. The number of hydrogen-bond donors (Lipinski definition) is 2. The third-order valence-corrected chi connectivity index (χ3v) is 5.42. The van der Waals surface area contributed by atoms with Crippen LogP contribution in [0, 0.1) is 5.92 Å². The minimum absolute atomic E-state index is 0.0539. The fourth-order valence-corrected chi connectivity index (χ4v) is 3.62. The summed E-state index contributed by atoms with van der Waals surface area (Å²) in [6.07, 6.45) is 6.89. The normalized spacial score (nSPS) is 24.8. The fourth-order valence-electron chi connectivity index (χ4n) is 3.62. The van der Waals surface area contributed by atoms with Gasteiger partial charge in [0, 0.05) is 13.1 Å². The summed E-state index contributed by atoms with van der Waals surface area (Å²) < 4.78 is 0. The van der Waals surface area contributed by atoms with Crippen molar-refractivity contribution in [2.24, 2.45) is 5.92 Å². The second-order valence-corrected chi connectivity index (χ2v) is 7.51. The molecule has 2 aliphatic rings. The van der Waals surface area contributed by atoms with Crippen LogP contribution in [0.1, 0.15) is 52.4 Å². The van der Waals surface area contributed by atoms with Crippen molar-refractivity contribution in [1.29, 1.82) is 0 Å². The van der Waals surface area contributed by atoms with Gasteiger partial charge in [0.1, 0.15) is 0 Å². The number of nitrogens with zero attached hydrogens (tertiary/aromatic N) is 2. The molecule has 0 aromatic heterocycles. The van der Waals surface area contributed by atoms with Crippen LogP contribution in [-0.4, -0.2) is 72.2 Å². The zero-order valence-corrected chi connectivity index (χ0v) is 15.0. The third kappa shape index (κ3) is 6.40. The van der Waals surface area contributed by atoms with Gasteiger partial charge in [0.25, 0.3) is 0 Å². The van der Waals surface area contributed by atoms with E-state index in [9.17, 15) is 9.90 Å². The third-order valence-electron chi connectivity index (χ3n) is 5.42. The summed E-state index contributed by atoms with van der Waals surface area (Å²) in [6.45, 7) is 9.48. The van der Waals surface area contributed by atoms with Crippen LogP contribution in [0.2, 0.25) is 0 Å². The first-order chi connectivity index (χ1) is 11.1. The average Bonchev–Trinajstić information content (AvgIpc) is 2.83. The topological polar surface area (TPSA) is 55.8 Å². The highest BCUT2D eigenvalue weighted by molar-refractivity contribution is 5.81. The summed E-state index contributed by atoms with van der Waals surface area (Å²) >= 11 is 0. The van der Waals surface area contributed by atoms with Gasteiger partial charge in [-0.15, -0.1) is 0 Å². The van der Waals surface area contributed by atoms with E-state index in [1.165, 1.54) is 38.5 Å². The number of aliphatic hydroxyl groups excluding tert-OH is 1. The monoisotopic (exact) mass is 325 g/mol. The summed E-state index contributed by atoms with van der Waals surface area (Å²) in [5.41, 5.74) is 0. The Morgan fingerprint density at radius 3 is 2.35 bits per heavy atom. The minimum atomic E-state index is -0.469. The highest BCUT2D eigenvalue weighted by atomic mass is 16.3. The molecule has 2 heterocycles. The van der Waals surface area contributed by atoms with E-state index in [0.717, 1.165) is 32.1 Å². The van der Waals surface area contributed by atoms with E-state index < -0.39 is 6.10 Å². The van der Waals surface area contributed by atoms with E-state index in [2.05, 4.69) is 22.0 Å². The standard InChI is InChI=1S/C18H35N3O2/c1-15-7-11-20(12-8-15)14-17(22)13-19-18(23)16(2)21-9-5-3-4-6-10-21/h15-17,22H,3-14H2,1-2H3,(H,19,23). The lowest BCUT2D eigenvalue weighted by Crippen LogP contribution is -2.49. The van der Waals surface area contributed by atoms with Crippen LogP contribution in [-0.2, 0) is 4.79 Å². The van der Waals surface area contributed by atoms with Crippen molar-refractivity contribution in [3.63, 3.8) is 0 Å². The molecule has 0 aromatic rings. The summed E-state index contributed by atoms with van der Waals surface area (Å²) in [4.78, 5) is 16.9. The Morgan fingerprint density at radius 1 is 1.13 bits per heavy atom. The maximum absolute atomic E-state index is 12.3. The van der Waals surface area contributed by atoms with Crippen LogP contribution >= 0.6 is 0 Å². The molecule has 2 rings (SSSR count). The van der Waals surface area contributed by atoms with E-state index >= 15 is 0 Å². The van der Waals surface area contributed by atoms with Crippen molar-refractivity contribution >= 4 is 5.91 Å². The van der Waals surface area contributed by atoms with Gasteiger partial charge in [-0.05, 0) is 64.7 Å². The number of β-amino-alcohol motifs (C(OH)–C–C–N with tert-alkyl or cyclic N) is 1. The van der Waals surface area contributed by atoms with Gasteiger partial charge in [0.05, 0.1) is 12.1 Å². The lowest BCUT2D eigenvalue weighted by Gasteiger charge is -2.32. The van der Waals surface area contributed by atoms with Crippen LogP contribution in [0.15, 0.2) is 0 Å². The van der Waals surface area contributed by atoms with Crippen LogP contribution in [0.25, 0.3) is 0 Å². The number of hydrogen-bond acceptors (Lipinski definition) is 4. The first-order valence-electron chi connectivity index (χ1n) is 9.48. The number of carbonyl (C=O) groups excluding carboxylic acids is 1. The van der Waals surface area contributed by atoms with Crippen molar-refractivity contribution in [3.8, 4) is 0 Å². The highest BCUT2D eigenvalue weighted by Gasteiger charge is 2.23. The predicted molar refractivity (Wildman–Crippen MR) is 93.4 cm³/mol. The molecule has 2 atom stereocenters. The number of rotatable bonds is 6. The quantitative estimate of drug-likeness (QED) is 0.776. The average molecular weight is 325 g/mol. The number of piperidine rings is 1. The molecule has 1 amide bonds. The zero-order valence-electron chi connectivity index (χ0n) is 15.0. The van der Waals surface area contributed by atoms with E-state index in [-0.39, 0.29) is 11.9 Å². The van der Waals surface area contributed by atoms with Crippen LogP contribution < -0.4 is 5.32 Å². The highest BCUT2D eigenvalue weighted by Crippen LogP contribution is 2.16. The van der Waals surface area contributed by atoms with Crippen molar-refractivity contribution in [2.45, 2.75) is 64.5 Å². The molecule has 0 aromatic carbocycles. The lowest BCUT2D eigenvalue weighted by atomic mass is 9.99. The Kier molecular flexibility index (Phi) is 7.80. The minimum Gasteiger partial charge on any atom is -0.390 e. The number of likely N-dealkylation sites (tertiary alicyclic amines) is 2. The predicted octanol–water partition coefficient (Wildman–Crippen LogP) is 1.46. The largest absolute Gasteiger partial charge is 0.390 e. The molecular formula is C18H35N3O2. The number of amides is 1. The van der Waals surface area contributed by atoms with Crippen LogP contribution in [0.5, 0.6) is 0 Å². The van der Waals surface area contributed by atoms with Gasteiger partial charge >= 0.3 is 0 Å². The molecule has 2 aliphatic heterocycles. The maximum atomic E-state index is 12.3. The molecule has 2 fully saturated rings. The Hall–Kier alpha value is -0.650. The van der Waals surface area contributed by atoms with Crippen molar-refractivity contribution in [3.05, 3.63) is 0 Å². The SMILES string of the molecule is CC1CCN(CC(O)CNC(=O)C(C)N2CCCCCC2)CC1. The lowest BCUT2D eigenvalue weighted by molar-refractivity contribution is -0.126. The molecule has 2 N–H and O–H groups in total. The van der Waals surface area contributed by atoms with E-state index in [0.29, 0.717) is 13.1 Å². The summed E-state index contributed by atoms with van der Waals surface area (Å²) in [5, 5.41) is 13.1. The molecule has 0 saturated carbocycles. The summed E-state index contributed by atoms with van der Waals surface area (Å²) in [5.74, 6) is 0.857. The Labute approximate surface area is 141 Å². The maximum Gasteiger partial charge on any atom is 0.237 e. The molecule has 5 heteroatoms. The Balaban J connectivity index is 1.66. The van der Waals surface area contributed by atoms with Crippen molar-refractivity contribution < 1.29 is 9.90 Å². The molecule has 134 valence electrons. The second kappa shape index (κ2) is 9.60. The zero-order chi connectivity index (χ0) is 16.7. The molecule has 23 heavy (non-hydrogen) atoms. The Bertz CT molecular complexity index is 348. The molecule has 2 unspecified atom stereocenters. The van der Waals surface area contributed by atoms with Gasteiger partial charge in [-0.1, -0.05) is 19.8 Å². The molecule has 0 aliphatic carbocycles. The van der Waals surface area contributed by atoms with E-state index in [1.807, 2.05) is 6.92 Å². The van der Waals surface area contributed by atoms with Gasteiger partial charge in [-0.3, -0.25) is 9.69 Å². The molecule has 0 bridgehead atoms. The van der Waals surface area contributed by atoms with Gasteiger partial charge in [-0.25, -0.2) is 0 Å². The molecule has 0 radical (unpaired) electrons. The summed E-state index contributed by atoms with van der Waals surface area (Å²) in [7, 11) is 0. The van der Waals surface area contributed by atoms with Crippen molar-refractivity contribution in [2.75, 3.05) is 39.3 Å². The van der Waals surface area contributed by atoms with Gasteiger partial charge < -0.3 is 15.3 Å². The van der Waals surface area contributed by atoms with Crippen LogP contribution in [0.3, 0.4) is 0 Å². The van der Waals surface area contributed by atoms with E-state index in [4.69, 9.17) is 0 Å². The smallest absolute Gasteiger partial charge is 0.237 e. The number of carbonyl (C=O) groups is 1. The first-order valence-corrected chi connectivity index (χ1v) is 9.48. The number of aliphatic hydroxyl groups is 1. The van der Waals surface area contributed by atoms with Gasteiger partial charge in [0.15, 0.2) is 0 Å². The number of nitrogens with one attached hydrogen (secondary N) is 1. The molecule has 5 nitrogen and oxygen atoms in total. The fraction of sp³-hybridized carbons (Fsp3) is 0.944. The van der Waals surface area contributed by atoms with Crippen LogP contribution in [0.4, 0.5) is 0 Å².